The van der Waals surface area contributed by atoms with Crippen LogP contribution in [-0.2, 0) is 6.18 Å². The first-order chi connectivity index (χ1) is 12.8. The first kappa shape index (κ1) is 19.5. The summed E-state index contributed by atoms with van der Waals surface area (Å²) in [6.45, 7) is 1.75. The number of nitrogens with one attached hydrogen (secondary N) is 2. The van der Waals surface area contributed by atoms with Gasteiger partial charge in [-0.05, 0) is 54.4 Å². The number of benzene rings is 1. The zero-order valence-corrected chi connectivity index (χ0v) is 16.0. The third-order valence-electron chi connectivity index (χ3n) is 3.91. The van der Waals surface area contributed by atoms with Crippen molar-refractivity contribution in [1.82, 2.24) is 10.3 Å². The molecule has 0 fully saturated rings. The van der Waals surface area contributed by atoms with E-state index in [4.69, 9.17) is 12.2 Å². The van der Waals surface area contributed by atoms with Crippen molar-refractivity contribution in [2.75, 3.05) is 16.1 Å². The molecule has 0 spiro atoms. The molecule has 0 saturated carbocycles. The molecule has 2 N–H and O–H groups in total. The normalized spacial score (nSPS) is 14.9. The second kappa shape index (κ2) is 8.18. The van der Waals surface area contributed by atoms with Gasteiger partial charge in [0.2, 0.25) is 0 Å². The lowest BCUT2D eigenvalue weighted by Crippen LogP contribution is -2.31. The number of thioether (sulfide) groups is 1. The number of halogens is 3. The van der Waals surface area contributed by atoms with Crippen LogP contribution < -0.4 is 15.5 Å². The van der Waals surface area contributed by atoms with Crippen LogP contribution in [0.25, 0.3) is 0 Å². The first-order valence-electron chi connectivity index (χ1n) is 8.08. The van der Waals surface area contributed by atoms with Crippen LogP contribution in [0, 0.1) is 0 Å². The molecule has 0 bridgehead atoms. The zero-order chi connectivity index (χ0) is 19.4. The fraction of sp³-hybridized carbons (Fsp3) is 0.222. The highest BCUT2D eigenvalue weighted by Crippen LogP contribution is 2.30. The summed E-state index contributed by atoms with van der Waals surface area (Å²) in [5.74, 6) is 1.66. The van der Waals surface area contributed by atoms with Crippen molar-refractivity contribution in [1.29, 1.82) is 0 Å². The Kier molecular flexibility index (Phi) is 5.91. The molecule has 9 heteroatoms. The quantitative estimate of drug-likeness (QED) is 0.681. The maximum atomic E-state index is 12.9. The van der Waals surface area contributed by atoms with Crippen molar-refractivity contribution in [2.45, 2.75) is 19.1 Å². The second-order valence-corrected chi connectivity index (χ2v) is 7.17. The fourth-order valence-corrected chi connectivity index (χ4v) is 3.48. The van der Waals surface area contributed by atoms with Crippen molar-refractivity contribution in [2.24, 2.45) is 0 Å². The highest BCUT2D eigenvalue weighted by Gasteiger charge is 2.30. The summed E-state index contributed by atoms with van der Waals surface area (Å²) in [5.41, 5.74) is 0.519. The summed E-state index contributed by atoms with van der Waals surface area (Å²) >= 11 is 6.95. The van der Waals surface area contributed by atoms with Gasteiger partial charge in [0.1, 0.15) is 5.82 Å². The van der Waals surface area contributed by atoms with E-state index in [1.54, 1.807) is 30.9 Å². The Bertz CT molecular complexity index is 837. The van der Waals surface area contributed by atoms with Crippen molar-refractivity contribution < 1.29 is 13.2 Å². The van der Waals surface area contributed by atoms with Gasteiger partial charge in [0, 0.05) is 6.20 Å². The van der Waals surface area contributed by atoms with Crippen LogP contribution in [0.5, 0.6) is 0 Å². The Morgan fingerprint density at radius 1 is 1.30 bits per heavy atom. The van der Waals surface area contributed by atoms with E-state index in [2.05, 4.69) is 15.6 Å². The predicted octanol–water partition coefficient (Wildman–Crippen LogP) is 5.13. The van der Waals surface area contributed by atoms with E-state index in [1.807, 2.05) is 28.6 Å². The van der Waals surface area contributed by atoms with E-state index in [9.17, 15) is 13.2 Å². The van der Waals surface area contributed by atoms with E-state index < -0.39 is 11.7 Å². The van der Waals surface area contributed by atoms with E-state index in [1.165, 1.54) is 6.07 Å². The summed E-state index contributed by atoms with van der Waals surface area (Å²) in [6.07, 6.45) is -0.747. The van der Waals surface area contributed by atoms with Gasteiger partial charge in [-0.15, -0.1) is 11.8 Å². The van der Waals surface area contributed by atoms with Crippen molar-refractivity contribution in [3.8, 4) is 0 Å². The maximum absolute atomic E-state index is 12.9. The smallest absolute Gasteiger partial charge is 0.356 e. The molecule has 4 nitrogen and oxygen atoms in total. The molecule has 1 aliphatic heterocycles. The number of rotatable bonds is 4. The Morgan fingerprint density at radius 3 is 2.74 bits per heavy atom. The maximum Gasteiger partial charge on any atom is 0.416 e. The topological polar surface area (TPSA) is 40.2 Å². The van der Waals surface area contributed by atoms with Crippen LogP contribution >= 0.6 is 24.0 Å². The molecule has 1 aromatic carbocycles. The fourth-order valence-electron chi connectivity index (χ4n) is 2.49. The van der Waals surface area contributed by atoms with Gasteiger partial charge in [0.15, 0.2) is 5.11 Å². The number of hydrogen-bond acceptors (Lipinski definition) is 4. The second-order valence-electron chi connectivity index (χ2n) is 5.90. The van der Waals surface area contributed by atoms with Crippen LogP contribution in [-0.4, -0.2) is 16.0 Å². The van der Waals surface area contributed by atoms with Gasteiger partial charge in [0.25, 0.3) is 0 Å². The summed E-state index contributed by atoms with van der Waals surface area (Å²) in [4.78, 5) is 6.39. The van der Waals surface area contributed by atoms with Gasteiger partial charge in [-0.2, -0.15) is 13.2 Å². The number of thiocarbonyl (C=S) groups is 1. The lowest BCUT2D eigenvalue weighted by molar-refractivity contribution is -0.137. The standard InChI is InChI=1S/C18H17F3N4S2/c1-12(13-3-2-4-14(9-13)18(19,20)21)23-17(26)24-15-5-6-16(22-10-15)25-7-8-27-11-25/h2-10,12H,11H2,1H3,(H2,23,24,26). The largest absolute Gasteiger partial charge is 0.416 e. The Labute approximate surface area is 164 Å². The lowest BCUT2D eigenvalue weighted by atomic mass is 10.1. The van der Waals surface area contributed by atoms with Crippen molar-refractivity contribution in [3.05, 3.63) is 65.3 Å². The predicted molar refractivity (Wildman–Crippen MR) is 108 cm³/mol. The van der Waals surface area contributed by atoms with Gasteiger partial charge in [0.05, 0.1) is 29.4 Å². The van der Waals surface area contributed by atoms with Crippen LogP contribution in [0.2, 0.25) is 0 Å². The van der Waals surface area contributed by atoms with Crippen LogP contribution in [0.1, 0.15) is 24.1 Å². The minimum absolute atomic E-state index is 0.311. The van der Waals surface area contributed by atoms with E-state index in [0.29, 0.717) is 16.4 Å². The van der Waals surface area contributed by atoms with Crippen LogP contribution in [0.4, 0.5) is 24.7 Å². The SMILES string of the molecule is CC(NC(=S)Nc1ccc(N2C=CSC2)nc1)c1cccc(C(F)(F)F)c1. The van der Waals surface area contributed by atoms with E-state index in [0.717, 1.165) is 23.8 Å². The number of aromatic nitrogens is 1. The average molecular weight is 410 g/mol. The molecular weight excluding hydrogens is 393 g/mol. The number of anilines is 2. The first-order valence-corrected chi connectivity index (χ1v) is 9.54. The molecule has 1 aliphatic rings. The summed E-state index contributed by atoms with van der Waals surface area (Å²) in [6, 6.07) is 8.53. The van der Waals surface area contributed by atoms with Crippen molar-refractivity contribution >= 4 is 40.6 Å². The molecule has 2 aromatic rings. The van der Waals surface area contributed by atoms with Crippen LogP contribution in [0.15, 0.2) is 54.2 Å². The molecule has 0 amide bonds. The Balaban J connectivity index is 1.59. The third-order valence-corrected chi connectivity index (χ3v) is 4.87. The number of alkyl halides is 3. The molecule has 1 aromatic heterocycles. The molecule has 27 heavy (non-hydrogen) atoms. The van der Waals surface area contributed by atoms with Gasteiger partial charge >= 0.3 is 6.18 Å². The molecule has 1 unspecified atom stereocenters. The zero-order valence-electron chi connectivity index (χ0n) is 14.3. The number of nitrogens with zero attached hydrogens (tertiary/aromatic N) is 2. The average Bonchev–Trinajstić information content (AvgIpc) is 3.16. The number of hydrogen-bond donors (Lipinski definition) is 2. The minimum atomic E-state index is -4.37. The highest BCUT2D eigenvalue weighted by molar-refractivity contribution is 8.02. The molecular formula is C18H17F3N4S2. The third kappa shape index (κ3) is 5.14. The van der Waals surface area contributed by atoms with Crippen molar-refractivity contribution in [3.63, 3.8) is 0 Å². The Hall–Kier alpha value is -2.26. The molecule has 142 valence electrons. The monoisotopic (exact) mass is 410 g/mol. The van der Waals surface area contributed by atoms with Crippen LogP contribution in [0.3, 0.4) is 0 Å². The molecule has 2 heterocycles. The summed E-state index contributed by atoms with van der Waals surface area (Å²) in [7, 11) is 0. The minimum Gasteiger partial charge on any atom is -0.356 e. The van der Waals surface area contributed by atoms with E-state index in [-0.39, 0.29) is 6.04 Å². The molecule has 0 aliphatic carbocycles. The Morgan fingerprint density at radius 2 is 2.11 bits per heavy atom. The lowest BCUT2D eigenvalue weighted by Gasteiger charge is -2.19. The highest BCUT2D eigenvalue weighted by atomic mass is 32.2. The van der Waals surface area contributed by atoms with E-state index >= 15 is 0 Å². The van der Waals surface area contributed by atoms with Gasteiger partial charge in [-0.3, -0.25) is 0 Å². The molecule has 0 saturated heterocycles. The number of pyridine rings is 1. The molecule has 1 atom stereocenters. The van der Waals surface area contributed by atoms with Gasteiger partial charge in [-0.1, -0.05) is 12.1 Å². The molecule has 0 radical (unpaired) electrons. The van der Waals surface area contributed by atoms with Gasteiger partial charge < -0.3 is 15.5 Å². The molecule has 3 rings (SSSR count). The van der Waals surface area contributed by atoms with Gasteiger partial charge in [-0.25, -0.2) is 4.98 Å². The summed E-state index contributed by atoms with van der Waals surface area (Å²) < 4.78 is 38.6. The summed E-state index contributed by atoms with van der Waals surface area (Å²) in [5, 5.41) is 8.31.